The Morgan fingerprint density at radius 1 is 1.03 bits per heavy atom. The van der Waals surface area contributed by atoms with Crippen LogP contribution >= 0.6 is 0 Å². The van der Waals surface area contributed by atoms with Gasteiger partial charge >= 0.3 is 0 Å². The quantitative estimate of drug-likeness (QED) is 0.348. The van der Waals surface area contributed by atoms with Gasteiger partial charge in [0.1, 0.15) is 11.5 Å². The molecule has 1 amide bonds. The molecule has 0 bridgehead atoms. The van der Waals surface area contributed by atoms with Crippen LogP contribution in [0.4, 0.5) is 0 Å². The van der Waals surface area contributed by atoms with Crippen molar-refractivity contribution in [3.05, 3.63) is 101 Å². The number of amides is 1. The van der Waals surface area contributed by atoms with Gasteiger partial charge in [0.15, 0.2) is 0 Å². The van der Waals surface area contributed by atoms with Gasteiger partial charge in [-0.3, -0.25) is 14.6 Å². The van der Waals surface area contributed by atoms with Gasteiger partial charge in [-0.05, 0) is 48.7 Å². The minimum absolute atomic E-state index is 0.0721. The van der Waals surface area contributed by atoms with Crippen LogP contribution in [-0.2, 0) is 16.0 Å². The molecule has 32 heavy (non-hydrogen) atoms. The summed E-state index contributed by atoms with van der Waals surface area (Å²) in [5.41, 5.74) is 2.28. The van der Waals surface area contributed by atoms with Crippen LogP contribution < -0.4 is 4.74 Å². The second-order valence-corrected chi connectivity index (χ2v) is 7.47. The number of carbonyl (C=O) groups excluding carboxylic acids is 2. The lowest BCUT2D eigenvalue weighted by atomic mass is 9.95. The van der Waals surface area contributed by atoms with Gasteiger partial charge in [0, 0.05) is 24.5 Å². The van der Waals surface area contributed by atoms with E-state index in [4.69, 9.17) is 4.74 Å². The van der Waals surface area contributed by atoms with E-state index in [1.807, 2.05) is 37.3 Å². The minimum atomic E-state index is -0.697. The average Bonchev–Trinajstić information content (AvgIpc) is 3.09. The number of hydrogen-bond acceptors (Lipinski definition) is 5. The van der Waals surface area contributed by atoms with Crippen LogP contribution in [-0.4, -0.2) is 39.8 Å². The van der Waals surface area contributed by atoms with Crippen molar-refractivity contribution in [3.8, 4) is 5.75 Å². The standard InChI is InChI=1S/C26H24N2O4/c1-2-32-21-10-6-9-20(17-21)24(29)22-23(19-11-14-27-15-12-19)28(26(31)25(22)30)16-13-18-7-4-3-5-8-18/h3-12,14-15,17,23,29H,2,13,16H2,1H3/b24-22+. The van der Waals surface area contributed by atoms with E-state index >= 15 is 0 Å². The zero-order valence-electron chi connectivity index (χ0n) is 17.8. The smallest absolute Gasteiger partial charge is 0.295 e. The summed E-state index contributed by atoms with van der Waals surface area (Å²) < 4.78 is 5.52. The molecule has 1 aromatic heterocycles. The van der Waals surface area contributed by atoms with Crippen molar-refractivity contribution < 1.29 is 19.4 Å². The molecule has 162 valence electrons. The molecule has 2 heterocycles. The normalized spacial score (nSPS) is 17.5. The first-order valence-electron chi connectivity index (χ1n) is 10.6. The number of aromatic nitrogens is 1. The lowest BCUT2D eigenvalue weighted by Crippen LogP contribution is -2.31. The topological polar surface area (TPSA) is 79.7 Å². The molecule has 0 aliphatic carbocycles. The van der Waals surface area contributed by atoms with Crippen LogP contribution in [0.5, 0.6) is 5.75 Å². The lowest BCUT2D eigenvalue weighted by Gasteiger charge is -2.25. The number of ether oxygens (including phenoxy) is 1. The summed E-state index contributed by atoms with van der Waals surface area (Å²) in [6, 6.07) is 19.5. The van der Waals surface area contributed by atoms with Crippen LogP contribution in [0.3, 0.4) is 0 Å². The Kier molecular flexibility index (Phi) is 6.31. The maximum absolute atomic E-state index is 13.1. The highest BCUT2D eigenvalue weighted by atomic mass is 16.5. The van der Waals surface area contributed by atoms with E-state index in [9.17, 15) is 14.7 Å². The Morgan fingerprint density at radius 2 is 1.78 bits per heavy atom. The van der Waals surface area contributed by atoms with Gasteiger partial charge in [0.25, 0.3) is 11.7 Å². The second kappa shape index (κ2) is 9.47. The number of Topliss-reactive ketones (excluding diaryl/α,β-unsaturated/α-hetero) is 1. The Morgan fingerprint density at radius 3 is 2.50 bits per heavy atom. The first-order valence-corrected chi connectivity index (χ1v) is 10.6. The highest BCUT2D eigenvalue weighted by Crippen LogP contribution is 2.39. The number of likely N-dealkylation sites (tertiary alicyclic amines) is 1. The molecule has 6 nitrogen and oxygen atoms in total. The van der Waals surface area contributed by atoms with Crippen LogP contribution in [0.2, 0.25) is 0 Å². The summed E-state index contributed by atoms with van der Waals surface area (Å²) >= 11 is 0. The van der Waals surface area contributed by atoms with Crippen molar-refractivity contribution in [2.45, 2.75) is 19.4 Å². The molecular weight excluding hydrogens is 404 g/mol. The largest absolute Gasteiger partial charge is 0.507 e. The zero-order valence-corrected chi connectivity index (χ0v) is 17.8. The van der Waals surface area contributed by atoms with Gasteiger partial charge in [-0.25, -0.2) is 0 Å². The number of benzene rings is 2. The molecule has 6 heteroatoms. The molecule has 1 unspecified atom stereocenters. The highest BCUT2D eigenvalue weighted by Gasteiger charge is 2.45. The Balaban J connectivity index is 1.76. The fourth-order valence-corrected chi connectivity index (χ4v) is 3.95. The van der Waals surface area contributed by atoms with Crippen LogP contribution in [0.25, 0.3) is 5.76 Å². The van der Waals surface area contributed by atoms with Gasteiger partial charge in [-0.2, -0.15) is 0 Å². The van der Waals surface area contributed by atoms with Gasteiger partial charge in [-0.15, -0.1) is 0 Å². The molecule has 1 aliphatic rings. The molecule has 0 spiro atoms. The summed E-state index contributed by atoms with van der Waals surface area (Å²) in [6.07, 6.45) is 3.82. The number of nitrogens with zero attached hydrogens (tertiary/aromatic N) is 2. The first kappa shape index (κ1) is 21.3. The van der Waals surface area contributed by atoms with Gasteiger partial charge < -0.3 is 14.7 Å². The van der Waals surface area contributed by atoms with Crippen molar-refractivity contribution in [1.82, 2.24) is 9.88 Å². The van der Waals surface area contributed by atoms with E-state index in [0.29, 0.717) is 30.9 Å². The van der Waals surface area contributed by atoms with E-state index in [0.717, 1.165) is 11.1 Å². The van der Waals surface area contributed by atoms with Gasteiger partial charge in [0.05, 0.1) is 18.2 Å². The highest BCUT2D eigenvalue weighted by molar-refractivity contribution is 6.46. The van der Waals surface area contributed by atoms with E-state index in [-0.39, 0.29) is 11.3 Å². The summed E-state index contributed by atoms with van der Waals surface area (Å²) in [5, 5.41) is 11.1. The SMILES string of the molecule is CCOc1cccc(/C(O)=C2\C(=O)C(=O)N(CCc3ccccc3)C2c2ccncc2)c1. The predicted molar refractivity (Wildman–Crippen MR) is 121 cm³/mol. The number of pyridine rings is 1. The summed E-state index contributed by atoms with van der Waals surface area (Å²) in [6.45, 7) is 2.69. The van der Waals surface area contributed by atoms with Gasteiger partial charge in [-0.1, -0.05) is 42.5 Å². The van der Waals surface area contributed by atoms with Crippen molar-refractivity contribution in [2.75, 3.05) is 13.2 Å². The molecule has 2 aromatic carbocycles. The number of hydrogen-bond donors (Lipinski definition) is 1. The Labute approximate surface area is 186 Å². The number of aliphatic hydroxyl groups is 1. The lowest BCUT2D eigenvalue weighted by molar-refractivity contribution is -0.139. The average molecular weight is 428 g/mol. The number of carbonyl (C=O) groups is 2. The molecule has 0 saturated carbocycles. The van der Waals surface area contributed by atoms with Crippen LogP contribution in [0.1, 0.15) is 29.7 Å². The minimum Gasteiger partial charge on any atom is -0.507 e. The van der Waals surface area contributed by atoms with E-state index in [2.05, 4.69) is 4.98 Å². The van der Waals surface area contributed by atoms with Crippen molar-refractivity contribution in [2.24, 2.45) is 0 Å². The summed E-state index contributed by atoms with van der Waals surface area (Å²) in [5.74, 6) is -0.950. The van der Waals surface area contributed by atoms with Gasteiger partial charge in [0.2, 0.25) is 0 Å². The second-order valence-electron chi connectivity index (χ2n) is 7.47. The van der Waals surface area contributed by atoms with Crippen LogP contribution in [0.15, 0.2) is 84.7 Å². The first-order chi connectivity index (χ1) is 15.6. The summed E-state index contributed by atoms with van der Waals surface area (Å²) in [4.78, 5) is 31.7. The number of rotatable bonds is 7. The van der Waals surface area contributed by atoms with Crippen molar-refractivity contribution in [1.29, 1.82) is 0 Å². The van der Waals surface area contributed by atoms with Crippen molar-refractivity contribution >= 4 is 17.4 Å². The predicted octanol–water partition coefficient (Wildman–Crippen LogP) is 4.14. The third-order valence-electron chi connectivity index (χ3n) is 5.46. The fraction of sp³-hybridized carbons (Fsp3) is 0.192. The van der Waals surface area contributed by atoms with E-state index in [1.165, 1.54) is 4.90 Å². The molecule has 0 radical (unpaired) electrons. The van der Waals surface area contributed by atoms with Crippen LogP contribution in [0, 0.1) is 0 Å². The maximum Gasteiger partial charge on any atom is 0.295 e. The monoisotopic (exact) mass is 428 g/mol. The Bertz CT molecular complexity index is 1140. The molecule has 1 fully saturated rings. The molecule has 1 saturated heterocycles. The molecular formula is C26H24N2O4. The number of ketones is 1. The fourth-order valence-electron chi connectivity index (χ4n) is 3.95. The zero-order chi connectivity index (χ0) is 22.5. The Hall–Kier alpha value is -3.93. The number of aliphatic hydroxyl groups excluding tert-OH is 1. The molecule has 1 N–H and O–H groups in total. The molecule has 1 aliphatic heterocycles. The van der Waals surface area contributed by atoms with Crippen molar-refractivity contribution in [3.63, 3.8) is 0 Å². The molecule has 3 aromatic rings. The van der Waals surface area contributed by atoms with E-state index in [1.54, 1.807) is 48.8 Å². The van der Waals surface area contributed by atoms with E-state index < -0.39 is 17.7 Å². The molecule has 1 atom stereocenters. The maximum atomic E-state index is 13.1. The third-order valence-corrected chi connectivity index (χ3v) is 5.46. The summed E-state index contributed by atoms with van der Waals surface area (Å²) in [7, 11) is 0. The third kappa shape index (κ3) is 4.25. The molecule has 4 rings (SSSR count).